The van der Waals surface area contributed by atoms with Gasteiger partial charge in [-0.1, -0.05) is 11.9 Å². The summed E-state index contributed by atoms with van der Waals surface area (Å²) in [5.74, 6) is 0.569. The topological polar surface area (TPSA) is 66.8 Å². The van der Waals surface area contributed by atoms with Crippen molar-refractivity contribution >= 4 is 35.1 Å². The van der Waals surface area contributed by atoms with E-state index in [0.717, 1.165) is 29.5 Å². The summed E-state index contributed by atoms with van der Waals surface area (Å²) in [6.45, 7) is 1.15. The molecule has 3 rings (SSSR count). The Labute approximate surface area is 131 Å². The van der Waals surface area contributed by atoms with Crippen molar-refractivity contribution < 1.29 is 9.53 Å². The zero-order valence-corrected chi connectivity index (χ0v) is 13.5. The minimum absolute atomic E-state index is 0.290. The Balaban J connectivity index is 1.94. The van der Waals surface area contributed by atoms with Crippen LogP contribution < -0.4 is 4.72 Å². The van der Waals surface area contributed by atoms with Crippen LogP contribution in [0.1, 0.15) is 11.4 Å². The second kappa shape index (κ2) is 6.17. The Hall–Kier alpha value is -1.38. The third-order valence-electron chi connectivity index (χ3n) is 3.50. The molecule has 1 atom stereocenters. The largest absolute Gasteiger partial charge is 0.466 e. The molecule has 3 heterocycles. The number of hydrogen-bond acceptors (Lipinski definition) is 8. The summed E-state index contributed by atoms with van der Waals surface area (Å²) >= 11 is 3.15. The van der Waals surface area contributed by atoms with E-state index >= 15 is 0 Å². The number of amidine groups is 1. The van der Waals surface area contributed by atoms with Crippen molar-refractivity contribution in [2.75, 3.05) is 26.5 Å². The van der Waals surface area contributed by atoms with Crippen LogP contribution in [0.15, 0.2) is 27.8 Å². The molecule has 2 aliphatic rings. The van der Waals surface area contributed by atoms with E-state index in [-0.39, 0.29) is 12.0 Å². The molecule has 0 bridgehead atoms. The van der Waals surface area contributed by atoms with Crippen molar-refractivity contribution in [2.45, 2.75) is 12.5 Å². The summed E-state index contributed by atoms with van der Waals surface area (Å²) in [5.41, 5.74) is 1.66. The lowest BCUT2D eigenvalue weighted by Gasteiger charge is -2.26. The van der Waals surface area contributed by atoms with Crippen LogP contribution in [0, 0.1) is 0 Å². The maximum atomic E-state index is 12.0. The summed E-state index contributed by atoms with van der Waals surface area (Å²) in [6.07, 6.45) is 4.58. The highest BCUT2D eigenvalue weighted by molar-refractivity contribution is 7.96. The van der Waals surface area contributed by atoms with Gasteiger partial charge in [0.1, 0.15) is 0 Å². The summed E-state index contributed by atoms with van der Waals surface area (Å²) in [4.78, 5) is 23.0. The zero-order chi connectivity index (χ0) is 14.8. The lowest BCUT2D eigenvalue weighted by molar-refractivity contribution is -0.136. The Morgan fingerprint density at radius 2 is 2.48 bits per heavy atom. The van der Waals surface area contributed by atoms with Gasteiger partial charge in [0.25, 0.3) is 0 Å². The van der Waals surface area contributed by atoms with Crippen LogP contribution in [0.3, 0.4) is 0 Å². The molecule has 1 saturated heterocycles. The number of nitrogens with one attached hydrogen (secondary N) is 1. The number of esters is 1. The fourth-order valence-electron chi connectivity index (χ4n) is 2.64. The third kappa shape index (κ3) is 2.70. The molecule has 1 fully saturated rings. The van der Waals surface area contributed by atoms with E-state index in [0.29, 0.717) is 12.1 Å². The minimum Gasteiger partial charge on any atom is -0.466 e. The SMILES string of the molecule is COC(=O)C1=C2C[C@H](NSC)CN2C(c2nccs2)=NC1. The number of hydrogen-bond donors (Lipinski definition) is 1. The van der Waals surface area contributed by atoms with Crippen molar-refractivity contribution in [2.24, 2.45) is 4.99 Å². The average molecular weight is 324 g/mol. The van der Waals surface area contributed by atoms with Crippen molar-refractivity contribution in [3.63, 3.8) is 0 Å². The molecule has 0 radical (unpaired) electrons. The predicted octanol–water partition coefficient (Wildman–Crippen LogP) is 1.27. The van der Waals surface area contributed by atoms with E-state index in [4.69, 9.17) is 4.74 Å². The van der Waals surface area contributed by atoms with E-state index in [2.05, 4.69) is 19.6 Å². The van der Waals surface area contributed by atoms with Crippen LogP contribution in [0.25, 0.3) is 0 Å². The first-order valence-electron chi connectivity index (χ1n) is 6.55. The second-order valence-electron chi connectivity index (χ2n) is 4.73. The highest BCUT2D eigenvalue weighted by atomic mass is 32.2. The summed E-state index contributed by atoms with van der Waals surface area (Å²) < 4.78 is 8.25. The minimum atomic E-state index is -0.290. The van der Waals surface area contributed by atoms with Gasteiger partial charge in [0.05, 0.1) is 19.2 Å². The van der Waals surface area contributed by atoms with Crippen LogP contribution in [0.4, 0.5) is 0 Å². The molecule has 0 unspecified atom stereocenters. The van der Waals surface area contributed by atoms with Gasteiger partial charge in [0, 0.05) is 36.3 Å². The number of ether oxygens (including phenoxy) is 1. The first kappa shape index (κ1) is 14.6. The van der Waals surface area contributed by atoms with Crippen molar-refractivity contribution in [1.82, 2.24) is 14.6 Å². The van der Waals surface area contributed by atoms with E-state index in [1.54, 1.807) is 29.5 Å². The Bertz CT molecular complexity index is 597. The smallest absolute Gasteiger partial charge is 0.337 e. The van der Waals surface area contributed by atoms with Crippen LogP contribution >= 0.6 is 23.3 Å². The molecule has 0 saturated carbocycles. The highest BCUT2D eigenvalue weighted by Crippen LogP contribution is 2.31. The van der Waals surface area contributed by atoms with Crippen molar-refractivity contribution in [3.8, 4) is 0 Å². The van der Waals surface area contributed by atoms with E-state index in [1.807, 2.05) is 11.6 Å². The first-order valence-corrected chi connectivity index (χ1v) is 8.65. The molecule has 1 aromatic heterocycles. The number of thiazole rings is 1. The van der Waals surface area contributed by atoms with Gasteiger partial charge in [-0.2, -0.15) is 0 Å². The lowest BCUT2D eigenvalue weighted by Crippen LogP contribution is -2.36. The predicted molar refractivity (Wildman–Crippen MR) is 84.3 cm³/mol. The van der Waals surface area contributed by atoms with Gasteiger partial charge in [-0.05, 0) is 6.26 Å². The third-order valence-corrected chi connectivity index (χ3v) is 4.84. The number of carbonyl (C=O) groups excluding carboxylic acids is 1. The molecule has 6 nitrogen and oxygen atoms in total. The van der Waals surface area contributed by atoms with Crippen LogP contribution in [-0.4, -0.2) is 54.2 Å². The van der Waals surface area contributed by atoms with Gasteiger partial charge in [-0.15, -0.1) is 11.3 Å². The summed E-state index contributed by atoms with van der Waals surface area (Å²) in [6, 6.07) is 0.290. The van der Waals surface area contributed by atoms with Crippen LogP contribution in [-0.2, 0) is 9.53 Å². The summed E-state index contributed by atoms with van der Waals surface area (Å²) in [7, 11) is 1.41. The molecule has 0 aromatic carbocycles. The molecule has 0 aliphatic carbocycles. The number of aliphatic imine (C=N–C) groups is 1. The van der Waals surface area contributed by atoms with Gasteiger partial charge >= 0.3 is 5.97 Å². The molecule has 1 N–H and O–H groups in total. The van der Waals surface area contributed by atoms with E-state index in [9.17, 15) is 4.79 Å². The van der Waals surface area contributed by atoms with Gasteiger partial charge in [-0.3, -0.25) is 9.71 Å². The van der Waals surface area contributed by atoms with Gasteiger partial charge < -0.3 is 9.64 Å². The number of carbonyl (C=O) groups is 1. The average Bonchev–Trinajstić information content (AvgIpc) is 3.14. The molecule has 112 valence electrons. The Morgan fingerprint density at radius 1 is 1.62 bits per heavy atom. The van der Waals surface area contributed by atoms with Crippen LogP contribution in [0.2, 0.25) is 0 Å². The maximum Gasteiger partial charge on any atom is 0.337 e. The van der Waals surface area contributed by atoms with Crippen molar-refractivity contribution in [3.05, 3.63) is 27.9 Å². The molecule has 0 amide bonds. The molecule has 8 heteroatoms. The van der Waals surface area contributed by atoms with Gasteiger partial charge in [-0.25, -0.2) is 9.78 Å². The van der Waals surface area contributed by atoms with E-state index in [1.165, 1.54) is 7.11 Å². The molecule has 21 heavy (non-hydrogen) atoms. The highest BCUT2D eigenvalue weighted by Gasteiger charge is 2.37. The van der Waals surface area contributed by atoms with Gasteiger partial charge in [0.15, 0.2) is 10.8 Å². The number of methoxy groups -OCH3 is 1. The monoisotopic (exact) mass is 324 g/mol. The van der Waals surface area contributed by atoms with Crippen molar-refractivity contribution in [1.29, 1.82) is 0 Å². The van der Waals surface area contributed by atoms with Crippen LogP contribution in [0.5, 0.6) is 0 Å². The molecular formula is C13H16N4O2S2. The number of fused-ring (bicyclic) bond motifs is 1. The summed E-state index contributed by atoms with van der Waals surface area (Å²) in [5, 5.41) is 2.83. The standard InChI is InChI=1S/C13H16N4O2S2/c1-19-13(18)9-6-15-11(12-14-3-4-21-12)17-7-8(16-20-2)5-10(9)17/h3-4,8,16H,5-7H2,1-2H3/t8-/m0/s1. The molecular weight excluding hydrogens is 308 g/mol. The first-order chi connectivity index (χ1) is 10.2. The second-order valence-corrected chi connectivity index (χ2v) is 6.27. The molecule has 0 spiro atoms. The zero-order valence-electron chi connectivity index (χ0n) is 11.8. The Morgan fingerprint density at radius 3 is 3.14 bits per heavy atom. The fourth-order valence-corrected chi connectivity index (χ4v) is 3.78. The number of rotatable bonds is 4. The fraction of sp³-hybridized carbons (Fsp3) is 0.462. The normalized spacial score (nSPS) is 21.3. The maximum absolute atomic E-state index is 12.0. The molecule has 1 aromatic rings. The van der Waals surface area contributed by atoms with E-state index < -0.39 is 0 Å². The Kier molecular flexibility index (Phi) is 4.27. The number of nitrogens with zero attached hydrogens (tertiary/aromatic N) is 3. The lowest BCUT2D eigenvalue weighted by atomic mass is 10.1. The van der Waals surface area contributed by atoms with Gasteiger partial charge in [0.2, 0.25) is 0 Å². The molecule has 2 aliphatic heterocycles. The number of aromatic nitrogens is 1. The quantitative estimate of drug-likeness (QED) is 0.665.